The summed E-state index contributed by atoms with van der Waals surface area (Å²) in [4.78, 5) is 6.51. The average Bonchev–Trinajstić information content (AvgIpc) is 2.34. The van der Waals surface area contributed by atoms with Gasteiger partial charge in [0.05, 0.1) is 24.2 Å². The fourth-order valence-corrected chi connectivity index (χ4v) is 1.54. The Morgan fingerprint density at radius 2 is 2.35 bits per heavy atom. The normalized spacial score (nSPS) is 12.2. The number of rotatable bonds is 7. The molecular weight excluding hydrogens is 214 g/mol. The minimum Gasteiger partial charge on any atom is -0.383 e. The standard InChI is InChI=1S/C13H21N3O/c1-4-7-16(8-9-17-3)12-5-6-13(11(2)14)15-10-12/h4-6,10-11H,1,7-9,14H2,2-3H3. The molecule has 1 aromatic heterocycles. The summed E-state index contributed by atoms with van der Waals surface area (Å²) in [7, 11) is 1.70. The maximum Gasteiger partial charge on any atom is 0.0637 e. The molecule has 0 aromatic carbocycles. The fourth-order valence-electron chi connectivity index (χ4n) is 1.54. The monoisotopic (exact) mass is 235 g/mol. The summed E-state index contributed by atoms with van der Waals surface area (Å²) in [5.74, 6) is 0. The number of ether oxygens (including phenoxy) is 1. The Hall–Kier alpha value is -1.39. The van der Waals surface area contributed by atoms with E-state index in [1.165, 1.54) is 0 Å². The van der Waals surface area contributed by atoms with Crippen molar-refractivity contribution in [1.29, 1.82) is 0 Å². The van der Waals surface area contributed by atoms with Crippen LogP contribution in [-0.2, 0) is 4.74 Å². The SMILES string of the molecule is C=CCN(CCOC)c1ccc(C(C)N)nc1. The highest BCUT2D eigenvalue weighted by molar-refractivity contribution is 5.45. The zero-order chi connectivity index (χ0) is 12.7. The average molecular weight is 235 g/mol. The molecule has 0 bridgehead atoms. The number of hydrogen-bond donors (Lipinski definition) is 1. The van der Waals surface area contributed by atoms with Crippen LogP contribution in [0, 0.1) is 0 Å². The molecule has 0 aliphatic heterocycles. The molecule has 2 N–H and O–H groups in total. The highest BCUT2D eigenvalue weighted by Crippen LogP contribution is 2.15. The van der Waals surface area contributed by atoms with E-state index in [0.29, 0.717) is 6.61 Å². The third kappa shape index (κ3) is 4.17. The van der Waals surface area contributed by atoms with E-state index < -0.39 is 0 Å². The van der Waals surface area contributed by atoms with Crippen LogP contribution in [0.2, 0.25) is 0 Å². The summed E-state index contributed by atoms with van der Waals surface area (Å²) in [5, 5.41) is 0. The predicted octanol–water partition coefficient (Wildman–Crippen LogP) is 1.74. The number of nitrogens with zero attached hydrogens (tertiary/aromatic N) is 2. The van der Waals surface area contributed by atoms with Crippen LogP contribution < -0.4 is 10.6 Å². The molecule has 1 heterocycles. The van der Waals surface area contributed by atoms with Gasteiger partial charge in [-0.25, -0.2) is 0 Å². The molecule has 0 spiro atoms. The zero-order valence-electron chi connectivity index (χ0n) is 10.6. The van der Waals surface area contributed by atoms with Crippen LogP contribution in [0.3, 0.4) is 0 Å². The molecule has 0 aliphatic rings. The minimum atomic E-state index is -0.0316. The van der Waals surface area contributed by atoms with E-state index in [1.807, 2.05) is 31.3 Å². The highest BCUT2D eigenvalue weighted by atomic mass is 16.5. The van der Waals surface area contributed by atoms with Crippen molar-refractivity contribution in [2.75, 3.05) is 31.7 Å². The summed E-state index contributed by atoms with van der Waals surface area (Å²) < 4.78 is 5.09. The Balaban J connectivity index is 2.75. The zero-order valence-corrected chi connectivity index (χ0v) is 10.6. The quantitative estimate of drug-likeness (QED) is 0.731. The number of hydrogen-bond acceptors (Lipinski definition) is 4. The smallest absolute Gasteiger partial charge is 0.0637 e. The van der Waals surface area contributed by atoms with Gasteiger partial charge >= 0.3 is 0 Å². The summed E-state index contributed by atoms with van der Waals surface area (Å²) in [6.07, 6.45) is 3.72. The molecule has 4 nitrogen and oxygen atoms in total. The highest BCUT2D eigenvalue weighted by Gasteiger charge is 2.06. The number of nitrogens with two attached hydrogens (primary N) is 1. The van der Waals surface area contributed by atoms with Gasteiger partial charge in [-0.2, -0.15) is 0 Å². The van der Waals surface area contributed by atoms with Crippen molar-refractivity contribution in [3.05, 3.63) is 36.7 Å². The Kier molecular flexibility index (Phi) is 5.66. The van der Waals surface area contributed by atoms with Crippen LogP contribution in [0.15, 0.2) is 31.0 Å². The van der Waals surface area contributed by atoms with Crippen molar-refractivity contribution in [1.82, 2.24) is 4.98 Å². The van der Waals surface area contributed by atoms with Gasteiger partial charge in [0.2, 0.25) is 0 Å². The molecule has 0 saturated carbocycles. The maximum atomic E-state index is 5.77. The molecule has 0 fully saturated rings. The minimum absolute atomic E-state index is 0.0316. The Bertz CT molecular complexity index is 335. The van der Waals surface area contributed by atoms with Gasteiger partial charge in [0, 0.05) is 26.2 Å². The lowest BCUT2D eigenvalue weighted by atomic mass is 10.2. The second-order valence-electron chi connectivity index (χ2n) is 3.96. The van der Waals surface area contributed by atoms with Crippen LogP contribution >= 0.6 is 0 Å². The van der Waals surface area contributed by atoms with Crippen molar-refractivity contribution in [2.24, 2.45) is 5.73 Å². The van der Waals surface area contributed by atoms with Crippen molar-refractivity contribution in [3.8, 4) is 0 Å². The first kappa shape index (κ1) is 13.7. The number of aromatic nitrogens is 1. The van der Waals surface area contributed by atoms with Gasteiger partial charge in [-0.05, 0) is 19.1 Å². The molecular formula is C13H21N3O. The summed E-state index contributed by atoms with van der Waals surface area (Å²) in [6, 6.07) is 3.96. The predicted molar refractivity (Wildman–Crippen MR) is 71.1 cm³/mol. The summed E-state index contributed by atoms with van der Waals surface area (Å²) in [5.41, 5.74) is 7.73. The van der Waals surface area contributed by atoms with Gasteiger partial charge in [-0.3, -0.25) is 4.98 Å². The van der Waals surface area contributed by atoms with Crippen LogP contribution in [-0.4, -0.2) is 31.8 Å². The molecule has 0 amide bonds. The van der Waals surface area contributed by atoms with E-state index in [-0.39, 0.29) is 6.04 Å². The van der Waals surface area contributed by atoms with Crippen LogP contribution in [0.25, 0.3) is 0 Å². The molecule has 17 heavy (non-hydrogen) atoms. The largest absolute Gasteiger partial charge is 0.383 e. The molecule has 1 unspecified atom stereocenters. The Morgan fingerprint density at radius 1 is 1.59 bits per heavy atom. The summed E-state index contributed by atoms with van der Waals surface area (Å²) in [6.45, 7) is 7.97. The number of pyridine rings is 1. The third-order valence-corrected chi connectivity index (χ3v) is 2.52. The Labute approximate surface area is 103 Å². The second kappa shape index (κ2) is 7.04. The first-order chi connectivity index (χ1) is 8.19. The lowest BCUT2D eigenvalue weighted by molar-refractivity contribution is 0.206. The van der Waals surface area contributed by atoms with Crippen molar-refractivity contribution >= 4 is 5.69 Å². The first-order valence-corrected chi connectivity index (χ1v) is 5.75. The van der Waals surface area contributed by atoms with Crippen LogP contribution in [0.1, 0.15) is 18.7 Å². The maximum absolute atomic E-state index is 5.77. The van der Waals surface area contributed by atoms with E-state index in [9.17, 15) is 0 Å². The van der Waals surface area contributed by atoms with Gasteiger partial charge in [0.25, 0.3) is 0 Å². The van der Waals surface area contributed by atoms with E-state index in [0.717, 1.165) is 24.5 Å². The van der Waals surface area contributed by atoms with E-state index in [2.05, 4.69) is 16.5 Å². The molecule has 1 aromatic rings. The number of anilines is 1. The molecule has 94 valence electrons. The van der Waals surface area contributed by atoms with Crippen molar-refractivity contribution < 1.29 is 4.74 Å². The van der Waals surface area contributed by atoms with E-state index >= 15 is 0 Å². The molecule has 0 saturated heterocycles. The van der Waals surface area contributed by atoms with Gasteiger partial charge in [-0.15, -0.1) is 6.58 Å². The van der Waals surface area contributed by atoms with Crippen LogP contribution in [0.5, 0.6) is 0 Å². The van der Waals surface area contributed by atoms with E-state index in [4.69, 9.17) is 10.5 Å². The fraction of sp³-hybridized carbons (Fsp3) is 0.462. The topological polar surface area (TPSA) is 51.4 Å². The molecule has 1 atom stereocenters. The molecule has 4 heteroatoms. The Morgan fingerprint density at radius 3 is 2.82 bits per heavy atom. The molecule has 1 rings (SSSR count). The van der Waals surface area contributed by atoms with Gasteiger partial charge < -0.3 is 15.4 Å². The molecule has 0 aliphatic carbocycles. The van der Waals surface area contributed by atoms with Crippen LogP contribution in [0.4, 0.5) is 5.69 Å². The van der Waals surface area contributed by atoms with Gasteiger partial charge in [0.1, 0.15) is 0 Å². The lowest BCUT2D eigenvalue weighted by Crippen LogP contribution is -2.27. The van der Waals surface area contributed by atoms with Crippen molar-refractivity contribution in [2.45, 2.75) is 13.0 Å². The van der Waals surface area contributed by atoms with Gasteiger partial charge in [0.15, 0.2) is 0 Å². The summed E-state index contributed by atoms with van der Waals surface area (Å²) >= 11 is 0. The first-order valence-electron chi connectivity index (χ1n) is 5.75. The lowest BCUT2D eigenvalue weighted by Gasteiger charge is -2.22. The van der Waals surface area contributed by atoms with Gasteiger partial charge in [-0.1, -0.05) is 6.08 Å². The third-order valence-electron chi connectivity index (χ3n) is 2.52. The van der Waals surface area contributed by atoms with Crippen molar-refractivity contribution in [3.63, 3.8) is 0 Å². The second-order valence-corrected chi connectivity index (χ2v) is 3.96. The number of methoxy groups -OCH3 is 1. The van der Waals surface area contributed by atoms with E-state index in [1.54, 1.807) is 7.11 Å². The molecule has 0 radical (unpaired) electrons.